The van der Waals surface area contributed by atoms with E-state index >= 15 is 0 Å². The van der Waals surface area contributed by atoms with E-state index in [2.05, 4.69) is 48.7 Å². The van der Waals surface area contributed by atoms with Crippen LogP contribution in [0.3, 0.4) is 0 Å². The van der Waals surface area contributed by atoms with Gasteiger partial charge in [0.1, 0.15) is 5.75 Å². The summed E-state index contributed by atoms with van der Waals surface area (Å²) >= 11 is 0. The van der Waals surface area contributed by atoms with Crippen LogP contribution in [-0.2, 0) is 5.75 Å². The molecule has 0 amide bonds. The molecule has 3 rings (SSSR count). The van der Waals surface area contributed by atoms with Crippen LogP contribution in [0.25, 0.3) is 10.8 Å². The lowest BCUT2D eigenvalue weighted by Crippen LogP contribution is -1.95. The fourth-order valence-electron chi connectivity index (χ4n) is 2.45. The van der Waals surface area contributed by atoms with Gasteiger partial charge in [-0.3, -0.25) is 0 Å². The van der Waals surface area contributed by atoms with Gasteiger partial charge in [0.05, 0.1) is 0 Å². The smallest absolute Gasteiger partial charge is 0.115 e. The predicted molar refractivity (Wildman–Crippen MR) is 93.4 cm³/mol. The second-order valence-corrected chi connectivity index (χ2v) is 10.1. The van der Waals surface area contributed by atoms with Gasteiger partial charge in [0.2, 0.25) is 0 Å². The van der Waals surface area contributed by atoms with Crippen molar-refractivity contribution in [3.63, 3.8) is 0 Å². The van der Waals surface area contributed by atoms with Crippen molar-refractivity contribution in [1.82, 2.24) is 0 Å². The molecule has 0 aliphatic rings. The zero-order chi connectivity index (χ0) is 14.9. The highest BCUT2D eigenvalue weighted by Gasteiger charge is 2.18. The molecule has 0 spiro atoms. The summed E-state index contributed by atoms with van der Waals surface area (Å²) in [6, 6.07) is 22.1. The SMILES string of the molecule is CS(Cl)(Cc1ccc2ccccc2c1)c1ccc(O)cc1. The number of hydrogen-bond acceptors (Lipinski definition) is 1. The maximum absolute atomic E-state index is 9.40. The highest BCUT2D eigenvalue weighted by atomic mass is 35.7. The van der Waals surface area contributed by atoms with Crippen molar-refractivity contribution in [3.05, 3.63) is 72.3 Å². The van der Waals surface area contributed by atoms with Crippen LogP contribution < -0.4 is 0 Å². The Kier molecular flexibility index (Phi) is 3.83. The molecule has 3 aromatic rings. The first-order valence-electron chi connectivity index (χ1n) is 6.77. The second-order valence-electron chi connectivity index (χ2n) is 5.30. The minimum absolute atomic E-state index is 0.274. The van der Waals surface area contributed by atoms with Crippen LogP contribution in [0.1, 0.15) is 5.56 Å². The van der Waals surface area contributed by atoms with E-state index < -0.39 is 9.24 Å². The van der Waals surface area contributed by atoms with Crippen molar-refractivity contribution >= 4 is 30.7 Å². The normalized spacial score (nSPS) is 15.5. The summed E-state index contributed by atoms with van der Waals surface area (Å²) in [7, 11) is 5.36. The van der Waals surface area contributed by atoms with E-state index in [9.17, 15) is 5.11 Å². The van der Waals surface area contributed by atoms with Gasteiger partial charge in [-0.15, -0.1) is 9.24 Å². The molecule has 21 heavy (non-hydrogen) atoms. The number of hydrogen-bond donors (Lipinski definition) is 1. The van der Waals surface area contributed by atoms with Crippen LogP contribution >= 0.6 is 19.9 Å². The molecule has 0 aliphatic carbocycles. The van der Waals surface area contributed by atoms with Gasteiger partial charge in [0.25, 0.3) is 0 Å². The third-order valence-corrected chi connectivity index (χ3v) is 6.57. The number of phenolic OH excluding ortho intramolecular Hbond substituents is 1. The maximum atomic E-state index is 9.40. The molecule has 0 heterocycles. The van der Waals surface area contributed by atoms with E-state index in [1.165, 1.54) is 16.3 Å². The molecule has 1 unspecified atom stereocenters. The molecule has 0 aliphatic heterocycles. The summed E-state index contributed by atoms with van der Waals surface area (Å²) in [4.78, 5) is 1.09. The molecule has 0 aromatic heterocycles. The molecular formula is C18H17ClOS. The number of phenols is 1. The Hall–Kier alpha value is -1.64. The summed E-state index contributed by atoms with van der Waals surface area (Å²) in [5.41, 5.74) is 1.24. The average Bonchev–Trinajstić information content (AvgIpc) is 2.47. The van der Waals surface area contributed by atoms with Crippen LogP contribution in [-0.4, -0.2) is 11.4 Å². The molecule has 1 N–H and O–H groups in total. The van der Waals surface area contributed by atoms with Crippen LogP contribution in [0, 0.1) is 0 Å². The maximum Gasteiger partial charge on any atom is 0.115 e. The monoisotopic (exact) mass is 316 g/mol. The third-order valence-electron chi connectivity index (χ3n) is 3.58. The molecule has 3 heteroatoms. The predicted octanol–water partition coefficient (Wildman–Crippen LogP) is 5.69. The van der Waals surface area contributed by atoms with Gasteiger partial charge in [-0.1, -0.05) is 53.1 Å². The van der Waals surface area contributed by atoms with E-state index in [0.717, 1.165) is 10.6 Å². The van der Waals surface area contributed by atoms with E-state index in [0.29, 0.717) is 0 Å². The summed E-state index contributed by atoms with van der Waals surface area (Å²) < 4.78 is 0. The van der Waals surface area contributed by atoms with Crippen LogP contribution in [0.4, 0.5) is 0 Å². The first-order chi connectivity index (χ1) is 10.0. The molecule has 0 radical (unpaired) electrons. The quantitative estimate of drug-likeness (QED) is 0.658. The molecule has 3 aromatic carbocycles. The second kappa shape index (κ2) is 5.63. The van der Waals surface area contributed by atoms with Gasteiger partial charge in [-0.05, 0) is 46.9 Å². The van der Waals surface area contributed by atoms with E-state index in [1.807, 2.05) is 12.1 Å². The van der Waals surface area contributed by atoms with Crippen molar-refractivity contribution in [2.45, 2.75) is 10.6 Å². The number of benzene rings is 3. The fourth-order valence-corrected chi connectivity index (χ4v) is 4.82. The minimum Gasteiger partial charge on any atom is -0.508 e. The van der Waals surface area contributed by atoms with Gasteiger partial charge < -0.3 is 5.11 Å². The molecule has 0 saturated heterocycles. The lowest BCUT2D eigenvalue weighted by molar-refractivity contribution is 0.475. The molecule has 0 fully saturated rings. The van der Waals surface area contributed by atoms with Crippen LogP contribution in [0.2, 0.25) is 0 Å². The zero-order valence-corrected chi connectivity index (χ0v) is 13.4. The molecule has 0 saturated carbocycles. The summed E-state index contributed by atoms with van der Waals surface area (Å²) in [6.45, 7) is 0. The summed E-state index contributed by atoms with van der Waals surface area (Å²) in [5.74, 6) is 1.10. The zero-order valence-electron chi connectivity index (χ0n) is 11.8. The van der Waals surface area contributed by atoms with Crippen LogP contribution in [0.15, 0.2) is 71.6 Å². The lowest BCUT2D eigenvalue weighted by atomic mass is 10.1. The molecule has 108 valence electrons. The Balaban J connectivity index is 1.91. The van der Waals surface area contributed by atoms with Crippen molar-refractivity contribution in [3.8, 4) is 5.75 Å². The fraction of sp³-hybridized carbons (Fsp3) is 0.111. The van der Waals surface area contributed by atoms with Crippen LogP contribution in [0.5, 0.6) is 5.75 Å². The van der Waals surface area contributed by atoms with Gasteiger partial charge in [0.15, 0.2) is 0 Å². The van der Waals surface area contributed by atoms with Crippen molar-refractivity contribution < 1.29 is 5.11 Å². The Morgan fingerprint density at radius 2 is 1.57 bits per heavy atom. The Labute approximate surface area is 131 Å². The average molecular weight is 317 g/mol. The summed E-state index contributed by atoms with van der Waals surface area (Å²) in [6.07, 6.45) is 2.09. The van der Waals surface area contributed by atoms with Crippen molar-refractivity contribution in [2.75, 3.05) is 6.26 Å². The number of aromatic hydroxyl groups is 1. The van der Waals surface area contributed by atoms with Crippen molar-refractivity contribution in [2.24, 2.45) is 0 Å². The standard InChI is InChI=1S/C18H17ClOS/c1-21(19,18-10-8-17(20)9-11-18)13-14-6-7-15-4-2-3-5-16(15)12-14/h2-12,20H,13H2,1H3. The topological polar surface area (TPSA) is 20.2 Å². The Bertz CT molecular complexity index is 766. The molecule has 1 nitrogen and oxygen atoms in total. The first kappa shape index (κ1) is 14.3. The molecule has 0 bridgehead atoms. The van der Waals surface area contributed by atoms with Crippen molar-refractivity contribution in [1.29, 1.82) is 0 Å². The summed E-state index contributed by atoms with van der Waals surface area (Å²) in [5, 5.41) is 11.9. The van der Waals surface area contributed by atoms with Gasteiger partial charge in [-0.2, -0.15) is 0 Å². The largest absolute Gasteiger partial charge is 0.508 e. The number of fused-ring (bicyclic) bond motifs is 1. The van der Waals surface area contributed by atoms with E-state index in [1.54, 1.807) is 12.1 Å². The molecule has 1 atom stereocenters. The minimum atomic E-state index is -1.44. The highest BCUT2D eigenvalue weighted by Crippen LogP contribution is 2.59. The molecular weight excluding hydrogens is 300 g/mol. The first-order valence-corrected chi connectivity index (χ1v) is 9.81. The number of rotatable bonds is 3. The number of halogens is 1. The Morgan fingerprint density at radius 3 is 2.29 bits per heavy atom. The van der Waals surface area contributed by atoms with Gasteiger partial charge in [-0.25, -0.2) is 0 Å². The Morgan fingerprint density at radius 1 is 0.905 bits per heavy atom. The van der Waals surface area contributed by atoms with E-state index in [-0.39, 0.29) is 5.75 Å². The van der Waals surface area contributed by atoms with E-state index in [4.69, 9.17) is 10.7 Å². The van der Waals surface area contributed by atoms with Gasteiger partial charge in [0, 0.05) is 10.6 Å². The third kappa shape index (κ3) is 3.17. The lowest BCUT2D eigenvalue weighted by Gasteiger charge is -2.28. The van der Waals surface area contributed by atoms with Gasteiger partial charge >= 0.3 is 0 Å². The highest BCUT2D eigenvalue weighted by molar-refractivity contribution is 8.50.